The van der Waals surface area contributed by atoms with Gasteiger partial charge in [-0.1, -0.05) is 5.92 Å². The molecule has 0 saturated heterocycles. The van der Waals surface area contributed by atoms with Crippen molar-refractivity contribution in [3.8, 4) is 12.3 Å². The van der Waals surface area contributed by atoms with E-state index >= 15 is 0 Å². The van der Waals surface area contributed by atoms with Crippen LogP contribution in [0.2, 0.25) is 0 Å². The standard InChI is InChI=1S/C7H7O4/c1-3-4-10-7(9)6(2)11-5-8/h1,6H,4H2,2H3. The Balaban J connectivity index is 3.65. The molecule has 0 aromatic carbocycles. The van der Waals surface area contributed by atoms with Gasteiger partial charge in [-0.25, -0.2) is 9.59 Å². The predicted octanol–water partition coefficient (Wildman–Crippen LogP) is -0.365. The summed E-state index contributed by atoms with van der Waals surface area (Å²) in [5, 5.41) is 0. The third kappa shape index (κ3) is 3.98. The molecule has 0 aromatic heterocycles. The summed E-state index contributed by atoms with van der Waals surface area (Å²) < 4.78 is 8.58. The highest BCUT2D eigenvalue weighted by Crippen LogP contribution is 1.91. The Hall–Kier alpha value is -1.50. The van der Waals surface area contributed by atoms with Crippen LogP contribution in [0.1, 0.15) is 6.92 Å². The van der Waals surface area contributed by atoms with Crippen molar-refractivity contribution in [1.82, 2.24) is 0 Å². The third-order valence-electron chi connectivity index (χ3n) is 0.855. The lowest BCUT2D eigenvalue weighted by Gasteiger charge is -2.05. The van der Waals surface area contributed by atoms with Gasteiger partial charge in [0.25, 0.3) is 0 Å². The van der Waals surface area contributed by atoms with E-state index in [4.69, 9.17) is 6.42 Å². The minimum atomic E-state index is -0.944. The highest BCUT2D eigenvalue weighted by molar-refractivity contribution is 5.75. The summed E-state index contributed by atoms with van der Waals surface area (Å²) in [5.41, 5.74) is 0. The first kappa shape index (κ1) is 9.50. The first-order valence-corrected chi connectivity index (χ1v) is 2.85. The van der Waals surface area contributed by atoms with Gasteiger partial charge in [-0.15, -0.1) is 6.42 Å². The Morgan fingerprint density at radius 2 is 2.36 bits per heavy atom. The summed E-state index contributed by atoms with van der Waals surface area (Å²) in [5.74, 6) is 1.42. The quantitative estimate of drug-likeness (QED) is 0.410. The van der Waals surface area contributed by atoms with Crippen molar-refractivity contribution in [1.29, 1.82) is 0 Å². The highest BCUT2D eigenvalue weighted by atomic mass is 16.6. The molecule has 0 spiro atoms. The van der Waals surface area contributed by atoms with Gasteiger partial charge in [0.05, 0.1) is 0 Å². The van der Waals surface area contributed by atoms with Crippen molar-refractivity contribution in [2.75, 3.05) is 6.61 Å². The van der Waals surface area contributed by atoms with E-state index in [1.165, 1.54) is 6.92 Å². The van der Waals surface area contributed by atoms with Crippen LogP contribution in [0.15, 0.2) is 0 Å². The van der Waals surface area contributed by atoms with Crippen molar-refractivity contribution >= 4 is 12.4 Å². The molecule has 1 radical (unpaired) electrons. The van der Waals surface area contributed by atoms with Crippen molar-refractivity contribution in [3.05, 3.63) is 0 Å². The molecule has 0 N–H and O–H groups in total. The lowest BCUT2D eigenvalue weighted by Crippen LogP contribution is -2.22. The fourth-order valence-electron chi connectivity index (χ4n) is 0.350. The second-order valence-electron chi connectivity index (χ2n) is 1.66. The second-order valence-corrected chi connectivity index (χ2v) is 1.66. The maximum atomic E-state index is 10.7. The van der Waals surface area contributed by atoms with Crippen LogP contribution < -0.4 is 0 Å². The molecule has 0 aliphatic rings. The van der Waals surface area contributed by atoms with E-state index in [0.29, 0.717) is 0 Å². The molecule has 0 saturated carbocycles. The molecule has 0 fully saturated rings. The van der Waals surface area contributed by atoms with E-state index in [1.807, 2.05) is 0 Å². The van der Waals surface area contributed by atoms with Crippen molar-refractivity contribution in [2.45, 2.75) is 13.0 Å². The van der Waals surface area contributed by atoms with E-state index in [2.05, 4.69) is 15.4 Å². The topological polar surface area (TPSA) is 52.6 Å². The number of terminal acetylenes is 1. The minimum Gasteiger partial charge on any atom is -0.450 e. The normalized spacial score (nSPS) is 10.9. The van der Waals surface area contributed by atoms with Crippen molar-refractivity contribution in [3.63, 3.8) is 0 Å². The van der Waals surface area contributed by atoms with Crippen LogP contribution in [-0.2, 0) is 19.1 Å². The van der Waals surface area contributed by atoms with Gasteiger partial charge in [0.2, 0.25) is 0 Å². The molecule has 0 bridgehead atoms. The number of hydrogen-bond donors (Lipinski definition) is 0. The zero-order valence-corrected chi connectivity index (χ0v) is 5.99. The van der Waals surface area contributed by atoms with E-state index < -0.39 is 12.1 Å². The van der Waals surface area contributed by atoms with Gasteiger partial charge in [-0.2, -0.15) is 0 Å². The lowest BCUT2D eigenvalue weighted by molar-refractivity contribution is -0.150. The fraction of sp³-hybridized carbons (Fsp3) is 0.429. The molecular weight excluding hydrogens is 148 g/mol. The average molecular weight is 155 g/mol. The number of carbonyl (C=O) groups is 1. The number of esters is 1. The molecular formula is C7H7O4. The molecule has 1 unspecified atom stereocenters. The summed E-state index contributed by atoms with van der Waals surface area (Å²) in [6.45, 7) is 2.37. The Labute approximate surface area is 64.5 Å². The molecule has 0 amide bonds. The van der Waals surface area contributed by atoms with Crippen LogP contribution in [0.5, 0.6) is 0 Å². The van der Waals surface area contributed by atoms with E-state index in [9.17, 15) is 9.59 Å². The number of ether oxygens (including phenoxy) is 2. The Bertz CT molecular complexity index is 179. The molecule has 0 aliphatic carbocycles. The smallest absolute Gasteiger partial charge is 0.418 e. The first-order chi connectivity index (χ1) is 5.22. The van der Waals surface area contributed by atoms with E-state index in [-0.39, 0.29) is 6.61 Å². The van der Waals surface area contributed by atoms with Gasteiger partial charge in [-0.3, -0.25) is 0 Å². The monoisotopic (exact) mass is 155 g/mol. The van der Waals surface area contributed by atoms with Crippen LogP contribution in [0.25, 0.3) is 0 Å². The van der Waals surface area contributed by atoms with Gasteiger partial charge in [0.1, 0.15) is 0 Å². The molecule has 0 heterocycles. The molecule has 0 aromatic rings. The zero-order valence-electron chi connectivity index (χ0n) is 5.99. The van der Waals surface area contributed by atoms with Crippen molar-refractivity contribution in [2.24, 2.45) is 0 Å². The SMILES string of the molecule is C#CCOC(=O)C(C)O[C]=O. The highest BCUT2D eigenvalue weighted by Gasteiger charge is 2.14. The molecule has 0 aliphatic heterocycles. The molecule has 11 heavy (non-hydrogen) atoms. The first-order valence-electron chi connectivity index (χ1n) is 2.85. The molecule has 1 atom stereocenters. The Morgan fingerprint density at radius 1 is 1.73 bits per heavy atom. The Morgan fingerprint density at radius 3 is 2.82 bits per heavy atom. The maximum Gasteiger partial charge on any atom is 0.418 e. The number of rotatable bonds is 4. The van der Waals surface area contributed by atoms with Crippen LogP contribution in [0.4, 0.5) is 0 Å². The summed E-state index contributed by atoms with van der Waals surface area (Å²) in [6.07, 6.45) is 3.86. The van der Waals surface area contributed by atoms with E-state index in [1.54, 1.807) is 0 Å². The van der Waals surface area contributed by atoms with Crippen LogP contribution >= 0.6 is 0 Å². The zero-order chi connectivity index (χ0) is 8.69. The summed E-state index contributed by atoms with van der Waals surface area (Å²) in [4.78, 5) is 20.3. The van der Waals surface area contributed by atoms with Gasteiger partial charge in [0.15, 0.2) is 12.7 Å². The van der Waals surface area contributed by atoms with Crippen LogP contribution in [-0.4, -0.2) is 25.2 Å². The van der Waals surface area contributed by atoms with Crippen LogP contribution in [0, 0.1) is 12.3 Å². The minimum absolute atomic E-state index is 0.120. The van der Waals surface area contributed by atoms with Crippen LogP contribution in [0.3, 0.4) is 0 Å². The van der Waals surface area contributed by atoms with Gasteiger partial charge < -0.3 is 9.47 Å². The number of carbonyl (C=O) groups excluding carboxylic acids is 2. The molecule has 4 nitrogen and oxygen atoms in total. The van der Waals surface area contributed by atoms with Crippen molar-refractivity contribution < 1.29 is 19.1 Å². The van der Waals surface area contributed by atoms with Gasteiger partial charge in [-0.05, 0) is 6.92 Å². The van der Waals surface area contributed by atoms with Gasteiger partial charge >= 0.3 is 12.4 Å². The number of hydrogen-bond acceptors (Lipinski definition) is 4. The van der Waals surface area contributed by atoms with E-state index in [0.717, 1.165) is 6.47 Å². The largest absolute Gasteiger partial charge is 0.450 e. The lowest BCUT2D eigenvalue weighted by atomic mass is 10.4. The maximum absolute atomic E-state index is 10.7. The van der Waals surface area contributed by atoms with Gasteiger partial charge in [0, 0.05) is 0 Å². The summed E-state index contributed by atoms with van der Waals surface area (Å²) in [7, 11) is 0. The predicted molar refractivity (Wildman–Crippen MR) is 36.0 cm³/mol. The average Bonchev–Trinajstić information content (AvgIpc) is 2.00. The second kappa shape index (κ2) is 5.30. The summed E-state index contributed by atoms with van der Waals surface area (Å²) >= 11 is 0. The Kier molecular flexibility index (Phi) is 4.58. The molecule has 4 heteroatoms. The third-order valence-corrected chi connectivity index (χ3v) is 0.855. The summed E-state index contributed by atoms with van der Waals surface area (Å²) in [6, 6.07) is 0. The molecule has 0 rings (SSSR count). The molecule has 59 valence electrons. The fourth-order valence-corrected chi connectivity index (χ4v) is 0.350.